The minimum atomic E-state index is -1.20. The lowest BCUT2D eigenvalue weighted by molar-refractivity contribution is -0.141. The molecule has 7 heteroatoms. The molecule has 0 saturated carbocycles. The summed E-state index contributed by atoms with van der Waals surface area (Å²) in [6.45, 7) is 2.40. The van der Waals surface area contributed by atoms with Gasteiger partial charge in [-0.1, -0.05) is 42.5 Å². The Hall–Kier alpha value is -3.32. The number of amides is 1. The van der Waals surface area contributed by atoms with Crippen LogP contribution in [0.4, 0.5) is 0 Å². The first-order valence-electron chi connectivity index (χ1n) is 8.89. The number of benzene rings is 2. The molecule has 146 valence electrons. The van der Waals surface area contributed by atoms with Gasteiger partial charge < -0.3 is 24.3 Å². The summed E-state index contributed by atoms with van der Waals surface area (Å²) in [5.41, 5.74) is 1.36. The molecule has 1 amide bonds. The van der Waals surface area contributed by atoms with Gasteiger partial charge in [0.05, 0.1) is 19.8 Å². The summed E-state index contributed by atoms with van der Waals surface area (Å²) in [4.78, 5) is 23.9. The SMILES string of the molecule is CCOc1cccc2cc(C(=O)NC(COCc3ccccc3)C(=O)O)oc12. The van der Waals surface area contributed by atoms with Crippen molar-refractivity contribution in [1.29, 1.82) is 0 Å². The molecule has 0 saturated heterocycles. The van der Waals surface area contributed by atoms with Crippen LogP contribution in [-0.4, -0.2) is 36.2 Å². The zero-order valence-electron chi connectivity index (χ0n) is 15.4. The van der Waals surface area contributed by atoms with E-state index in [1.54, 1.807) is 24.3 Å². The molecule has 0 spiro atoms. The highest BCUT2D eigenvalue weighted by atomic mass is 16.5. The average molecular weight is 383 g/mol. The summed E-state index contributed by atoms with van der Waals surface area (Å²) in [5.74, 6) is -1.28. The Labute approximate surface area is 161 Å². The third-order valence-electron chi connectivity index (χ3n) is 4.03. The summed E-state index contributed by atoms with van der Waals surface area (Å²) in [6.07, 6.45) is 0. The highest BCUT2D eigenvalue weighted by molar-refractivity contribution is 5.98. The second-order valence-electron chi connectivity index (χ2n) is 6.08. The molecule has 3 aromatic rings. The summed E-state index contributed by atoms with van der Waals surface area (Å²) in [7, 11) is 0. The molecule has 0 aliphatic carbocycles. The van der Waals surface area contributed by atoms with Crippen LogP contribution >= 0.6 is 0 Å². The number of hydrogen-bond acceptors (Lipinski definition) is 5. The number of nitrogens with one attached hydrogen (secondary N) is 1. The molecule has 3 rings (SSSR count). The Balaban J connectivity index is 1.66. The number of carbonyl (C=O) groups is 2. The van der Waals surface area contributed by atoms with E-state index in [2.05, 4.69) is 5.32 Å². The van der Waals surface area contributed by atoms with Crippen molar-refractivity contribution in [2.75, 3.05) is 13.2 Å². The molecule has 0 aliphatic heterocycles. The van der Waals surface area contributed by atoms with Crippen molar-refractivity contribution >= 4 is 22.8 Å². The van der Waals surface area contributed by atoms with Crippen molar-refractivity contribution in [3.8, 4) is 5.75 Å². The first kappa shape index (κ1) is 19.4. The Bertz CT molecular complexity index is 950. The van der Waals surface area contributed by atoms with Crippen LogP contribution in [-0.2, 0) is 16.1 Å². The van der Waals surface area contributed by atoms with Crippen LogP contribution in [0.25, 0.3) is 11.0 Å². The standard InChI is InChI=1S/C21H21NO6/c1-2-27-17-10-6-9-15-11-18(28-19(15)17)20(23)22-16(21(24)25)13-26-12-14-7-4-3-5-8-14/h3-11,16H,2,12-13H2,1H3,(H,22,23)(H,24,25). The molecule has 1 unspecified atom stereocenters. The number of aliphatic carboxylic acids is 1. The fourth-order valence-corrected chi connectivity index (χ4v) is 2.69. The zero-order chi connectivity index (χ0) is 19.9. The predicted octanol–water partition coefficient (Wildman–Crippen LogP) is 3.23. The van der Waals surface area contributed by atoms with E-state index in [9.17, 15) is 14.7 Å². The lowest BCUT2D eigenvalue weighted by atomic mass is 10.2. The number of hydrogen-bond donors (Lipinski definition) is 2. The predicted molar refractivity (Wildman–Crippen MR) is 102 cm³/mol. The third kappa shape index (κ3) is 4.69. The molecular weight excluding hydrogens is 362 g/mol. The average Bonchev–Trinajstić information content (AvgIpc) is 3.13. The number of rotatable bonds is 9. The van der Waals surface area contributed by atoms with Crippen molar-refractivity contribution in [3.63, 3.8) is 0 Å². The van der Waals surface area contributed by atoms with Gasteiger partial charge in [0, 0.05) is 5.39 Å². The van der Waals surface area contributed by atoms with Gasteiger partial charge in [-0.15, -0.1) is 0 Å². The normalized spacial score (nSPS) is 11.9. The van der Waals surface area contributed by atoms with Gasteiger partial charge in [0.25, 0.3) is 5.91 Å². The number of para-hydroxylation sites is 1. The highest BCUT2D eigenvalue weighted by Crippen LogP contribution is 2.28. The maximum absolute atomic E-state index is 12.5. The molecule has 7 nitrogen and oxygen atoms in total. The van der Waals surface area contributed by atoms with Gasteiger partial charge in [0.2, 0.25) is 0 Å². The summed E-state index contributed by atoms with van der Waals surface area (Å²) < 4.78 is 16.5. The van der Waals surface area contributed by atoms with Crippen molar-refractivity contribution < 1.29 is 28.6 Å². The molecule has 0 radical (unpaired) electrons. The van der Waals surface area contributed by atoms with Gasteiger partial charge in [0.15, 0.2) is 23.1 Å². The largest absolute Gasteiger partial charge is 0.490 e. The van der Waals surface area contributed by atoms with Crippen molar-refractivity contribution in [3.05, 3.63) is 65.9 Å². The lowest BCUT2D eigenvalue weighted by Gasteiger charge is -2.14. The first-order chi connectivity index (χ1) is 13.6. The smallest absolute Gasteiger partial charge is 0.328 e. The van der Waals surface area contributed by atoms with Gasteiger partial charge >= 0.3 is 5.97 Å². The molecule has 0 bridgehead atoms. The molecule has 1 heterocycles. The highest BCUT2D eigenvalue weighted by Gasteiger charge is 2.23. The van der Waals surface area contributed by atoms with Crippen molar-refractivity contribution in [1.82, 2.24) is 5.32 Å². The van der Waals surface area contributed by atoms with Crippen LogP contribution in [0.5, 0.6) is 5.75 Å². The second-order valence-corrected chi connectivity index (χ2v) is 6.08. The number of carboxylic acids is 1. The van der Waals surface area contributed by atoms with E-state index in [0.29, 0.717) is 23.3 Å². The number of carboxylic acid groups (broad SMARTS) is 1. The summed E-state index contributed by atoms with van der Waals surface area (Å²) in [6, 6.07) is 15.0. The van der Waals surface area contributed by atoms with Crippen molar-refractivity contribution in [2.24, 2.45) is 0 Å². The van der Waals surface area contributed by atoms with E-state index in [1.165, 1.54) is 0 Å². The molecule has 2 aromatic carbocycles. The maximum Gasteiger partial charge on any atom is 0.328 e. The monoisotopic (exact) mass is 383 g/mol. The van der Waals surface area contributed by atoms with Crippen LogP contribution in [0.2, 0.25) is 0 Å². The van der Waals surface area contributed by atoms with Gasteiger partial charge in [-0.05, 0) is 24.6 Å². The van der Waals surface area contributed by atoms with Crippen molar-refractivity contribution in [2.45, 2.75) is 19.6 Å². The molecule has 0 fully saturated rings. The van der Waals surface area contributed by atoms with Gasteiger partial charge in [-0.2, -0.15) is 0 Å². The van der Waals surface area contributed by atoms with Crippen LogP contribution in [0.3, 0.4) is 0 Å². The Morgan fingerprint density at radius 3 is 2.64 bits per heavy atom. The Morgan fingerprint density at radius 1 is 1.14 bits per heavy atom. The number of fused-ring (bicyclic) bond motifs is 1. The van der Waals surface area contributed by atoms with E-state index in [4.69, 9.17) is 13.9 Å². The summed E-state index contributed by atoms with van der Waals surface area (Å²) >= 11 is 0. The maximum atomic E-state index is 12.5. The molecular formula is C21H21NO6. The van der Waals surface area contributed by atoms with Gasteiger partial charge in [-0.25, -0.2) is 4.79 Å². The van der Waals surface area contributed by atoms with E-state index in [1.807, 2.05) is 37.3 Å². The second kappa shape index (κ2) is 9.05. The Kier molecular flexibility index (Phi) is 6.29. The third-order valence-corrected chi connectivity index (χ3v) is 4.03. The quantitative estimate of drug-likeness (QED) is 0.589. The first-order valence-corrected chi connectivity index (χ1v) is 8.89. The topological polar surface area (TPSA) is 98.0 Å². The molecule has 0 aliphatic rings. The fourth-order valence-electron chi connectivity index (χ4n) is 2.69. The fraction of sp³-hybridized carbons (Fsp3) is 0.238. The van der Waals surface area contributed by atoms with Crippen LogP contribution in [0, 0.1) is 0 Å². The Morgan fingerprint density at radius 2 is 1.93 bits per heavy atom. The van der Waals surface area contributed by atoms with E-state index in [0.717, 1.165) is 5.56 Å². The van der Waals surface area contributed by atoms with E-state index < -0.39 is 17.9 Å². The summed E-state index contributed by atoms with van der Waals surface area (Å²) in [5, 5.41) is 12.5. The number of carbonyl (C=O) groups excluding carboxylic acids is 1. The van der Waals surface area contributed by atoms with Crippen LogP contribution in [0.1, 0.15) is 23.0 Å². The van der Waals surface area contributed by atoms with Gasteiger partial charge in [0.1, 0.15) is 0 Å². The van der Waals surface area contributed by atoms with Gasteiger partial charge in [-0.3, -0.25) is 4.79 Å². The van der Waals surface area contributed by atoms with E-state index >= 15 is 0 Å². The number of furan rings is 1. The minimum Gasteiger partial charge on any atom is -0.490 e. The zero-order valence-corrected chi connectivity index (χ0v) is 15.4. The molecule has 28 heavy (non-hydrogen) atoms. The lowest BCUT2D eigenvalue weighted by Crippen LogP contribution is -2.43. The molecule has 2 N–H and O–H groups in total. The molecule has 1 atom stereocenters. The molecule has 1 aromatic heterocycles. The van der Waals surface area contributed by atoms with Crippen LogP contribution < -0.4 is 10.1 Å². The van der Waals surface area contributed by atoms with E-state index in [-0.39, 0.29) is 19.0 Å². The van der Waals surface area contributed by atoms with Crippen LogP contribution in [0.15, 0.2) is 59.0 Å². The number of ether oxygens (including phenoxy) is 2. The minimum absolute atomic E-state index is 0.0106.